The highest BCUT2D eigenvalue weighted by Gasteiger charge is 2.24. The molecule has 2 rings (SSSR count). The summed E-state index contributed by atoms with van der Waals surface area (Å²) in [5.41, 5.74) is 0.652. The maximum absolute atomic E-state index is 12.3. The van der Waals surface area contributed by atoms with Crippen molar-refractivity contribution in [3.05, 3.63) is 28.5 Å². The fourth-order valence-electron chi connectivity index (χ4n) is 2.25. The highest BCUT2D eigenvalue weighted by Crippen LogP contribution is 2.17. The van der Waals surface area contributed by atoms with E-state index in [1.54, 1.807) is 12.3 Å². The van der Waals surface area contributed by atoms with Crippen LogP contribution in [-0.2, 0) is 0 Å². The van der Waals surface area contributed by atoms with Crippen molar-refractivity contribution in [2.24, 2.45) is 0 Å². The van der Waals surface area contributed by atoms with Crippen LogP contribution in [0.15, 0.2) is 22.9 Å². The molecule has 4 nitrogen and oxygen atoms in total. The number of aromatic nitrogens is 1. The monoisotopic (exact) mass is 311 g/mol. The third-order valence-electron chi connectivity index (χ3n) is 3.53. The maximum atomic E-state index is 12.3. The number of carbonyl (C=O) groups is 1. The largest absolute Gasteiger partial charge is 0.339 e. The number of carbonyl (C=O) groups excluding carboxylic acids is 1. The molecule has 0 aromatic carbocycles. The van der Waals surface area contributed by atoms with E-state index in [1.807, 2.05) is 18.0 Å². The number of nitrogens with zero attached hydrogens (tertiary/aromatic N) is 3. The summed E-state index contributed by atoms with van der Waals surface area (Å²) in [5.74, 6) is 0.0598. The molecule has 0 atom stereocenters. The van der Waals surface area contributed by atoms with Crippen LogP contribution in [0, 0.1) is 0 Å². The number of halogens is 1. The van der Waals surface area contributed by atoms with Gasteiger partial charge in [-0.1, -0.05) is 0 Å². The molecule has 2 heterocycles. The van der Waals surface area contributed by atoms with Gasteiger partial charge in [-0.3, -0.25) is 4.79 Å². The summed E-state index contributed by atoms with van der Waals surface area (Å²) in [6.45, 7) is 2.11. The van der Waals surface area contributed by atoms with Crippen molar-refractivity contribution < 1.29 is 4.79 Å². The molecule has 0 N–H and O–H groups in total. The lowest BCUT2D eigenvalue weighted by molar-refractivity contribution is 0.0659. The summed E-state index contributed by atoms with van der Waals surface area (Å²) in [6.07, 6.45) is 3.71. The van der Waals surface area contributed by atoms with E-state index < -0.39 is 0 Å². The molecule has 98 valence electrons. The summed E-state index contributed by atoms with van der Waals surface area (Å²) in [5, 5.41) is 0. The third kappa shape index (κ3) is 3.09. The van der Waals surface area contributed by atoms with Crippen molar-refractivity contribution in [1.82, 2.24) is 14.8 Å². The average Bonchev–Trinajstić information content (AvgIpc) is 2.39. The van der Waals surface area contributed by atoms with E-state index in [4.69, 9.17) is 0 Å². The first-order valence-electron chi connectivity index (χ1n) is 6.15. The highest BCUT2D eigenvalue weighted by molar-refractivity contribution is 9.10. The molecule has 0 radical (unpaired) electrons. The van der Waals surface area contributed by atoms with Crippen LogP contribution in [0.2, 0.25) is 0 Å². The normalized spacial score (nSPS) is 17.7. The Morgan fingerprint density at radius 3 is 2.67 bits per heavy atom. The second-order valence-electron chi connectivity index (χ2n) is 4.82. The zero-order chi connectivity index (χ0) is 13.1. The van der Waals surface area contributed by atoms with Gasteiger partial charge in [-0.2, -0.15) is 0 Å². The molecule has 1 aliphatic rings. The zero-order valence-electron chi connectivity index (χ0n) is 10.8. The van der Waals surface area contributed by atoms with Gasteiger partial charge in [0.15, 0.2) is 0 Å². The van der Waals surface area contributed by atoms with E-state index in [2.05, 4.69) is 32.9 Å². The number of pyridine rings is 1. The van der Waals surface area contributed by atoms with Crippen LogP contribution in [0.1, 0.15) is 23.2 Å². The topological polar surface area (TPSA) is 36.4 Å². The van der Waals surface area contributed by atoms with Gasteiger partial charge in [0.25, 0.3) is 5.91 Å². The Labute approximate surface area is 116 Å². The van der Waals surface area contributed by atoms with Crippen LogP contribution in [0.5, 0.6) is 0 Å². The van der Waals surface area contributed by atoms with Crippen molar-refractivity contribution >= 4 is 21.8 Å². The SMILES string of the molecule is CN1CCC(N(C)C(=O)c2ccc(Br)nc2)CC1. The number of hydrogen-bond donors (Lipinski definition) is 0. The predicted octanol–water partition coefficient (Wildman–Crippen LogP) is 2.01. The van der Waals surface area contributed by atoms with E-state index in [-0.39, 0.29) is 5.91 Å². The minimum atomic E-state index is 0.0598. The number of amides is 1. The number of hydrogen-bond acceptors (Lipinski definition) is 3. The molecule has 1 aliphatic heterocycles. The van der Waals surface area contributed by atoms with E-state index in [0.717, 1.165) is 30.5 Å². The van der Waals surface area contributed by atoms with E-state index >= 15 is 0 Å². The standard InChI is InChI=1S/C13H18BrN3O/c1-16-7-5-11(6-8-16)17(2)13(18)10-3-4-12(14)15-9-10/h3-4,9,11H,5-8H2,1-2H3. The minimum absolute atomic E-state index is 0.0598. The van der Waals surface area contributed by atoms with Crippen LogP contribution >= 0.6 is 15.9 Å². The Morgan fingerprint density at radius 2 is 2.11 bits per heavy atom. The second kappa shape index (κ2) is 5.80. The minimum Gasteiger partial charge on any atom is -0.339 e. The molecule has 1 saturated heterocycles. The van der Waals surface area contributed by atoms with Crippen LogP contribution < -0.4 is 0 Å². The first kappa shape index (κ1) is 13.5. The molecule has 18 heavy (non-hydrogen) atoms. The molecule has 0 aliphatic carbocycles. The van der Waals surface area contributed by atoms with Gasteiger partial charge in [0, 0.05) is 19.3 Å². The summed E-state index contributed by atoms with van der Waals surface area (Å²) in [7, 11) is 4.01. The molecule has 1 aromatic heterocycles. The van der Waals surface area contributed by atoms with Gasteiger partial charge in [0.05, 0.1) is 5.56 Å². The Morgan fingerprint density at radius 1 is 1.44 bits per heavy atom. The van der Waals surface area contributed by atoms with Crippen molar-refractivity contribution in [1.29, 1.82) is 0 Å². The Kier molecular flexibility index (Phi) is 4.35. The molecule has 0 spiro atoms. The van der Waals surface area contributed by atoms with Crippen LogP contribution in [0.25, 0.3) is 0 Å². The quantitative estimate of drug-likeness (QED) is 0.784. The van der Waals surface area contributed by atoms with Crippen molar-refractivity contribution in [2.75, 3.05) is 27.2 Å². The Bertz CT molecular complexity index is 413. The zero-order valence-corrected chi connectivity index (χ0v) is 12.4. The average molecular weight is 312 g/mol. The van der Waals surface area contributed by atoms with Gasteiger partial charge in [-0.05, 0) is 61.0 Å². The molecule has 1 aromatic rings. The first-order valence-corrected chi connectivity index (χ1v) is 6.94. The smallest absolute Gasteiger partial charge is 0.255 e. The maximum Gasteiger partial charge on any atom is 0.255 e. The van der Waals surface area contributed by atoms with Crippen molar-refractivity contribution in [2.45, 2.75) is 18.9 Å². The second-order valence-corrected chi connectivity index (χ2v) is 5.63. The lowest BCUT2D eigenvalue weighted by Gasteiger charge is -2.35. The van der Waals surface area contributed by atoms with Gasteiger partial charge < -0.3 is 9.80 Å². The molecule has 0 bridgehead atoms. The molecular formula is C13H18BrN3O. The molecule has 5 heteroatoms. The lowest BCUT2D eigenvalue weighted by atomic mass is 10.0. The fraction of sp³-hybridized carbons (Fsp3) is 0.538. The van der Waals surface area contributed by atoms with Gasteiger partial charge in [0.1, 0.15) is 4.60 Å². The highest BCUT2D eigenvalue weighted by atomic mass is 79.9. The van der Waals surface area contributed by atoms with Gasteiger partial charge in [0.2, 0.25) is 0 Å². The van der Waals surface area contributed by atoms with E-state index in [0.29, 0.717) is 11.6 Å². The number of likely N-dealkylation sites (tertiary alicyclic amines) is 1. The molecule has 0 saturated carbocycles. The van der Waals surface area contributed by atoms with Crippen LogP contribution in [-0.4, -0.2) is 53.9 Å². The van der Waals surface area contributed by atoms with Gasteiger partial charge in [-0.25, -0.2) is 4.98 Å². The molecule has 1 amide bonds. The molecule has 1 fully saturated rings. The lowest BCUT2D eigenvalue weighted by Crippen LogP contribution is -2.44. The fourth-order valence-corrected chi connectivity index (χ4v) is 2.49. The summed E-state index contributed by atoms with van der Waals surface area (Å²) < 4.78 is 0.751. The van der Waals surface area contributed by atoms with Gasteiger partial charge in [-0.15, -0.1) is 0 Å². The predicted molar refractivity (Wildman–Crippen MR) is 74.5 cm³/mol. The van der Waals surface area contributed by atoms with Gasteiger partial charge >= 0.3 is 0 Å². The number of rotatable bonds is 2. The Balaban J connectivity index is 2.02. The van der Waals surface area contributed by atoms with E-state index in [9.17, 15) is 4.79 Å². The summed E-state index contributed by atoms with van der Waals surface area (Å²) in [4.78, 5) is 20.6. The molecule has 0 unspecified atom stereocenters. The summed E-state index contributed by atoms with van der Waals surface area (Å²) >= 11 is 3.27. The first-order chi connectivity index (χ1) is 8.58. The van der Waals surface area contributed by atoms with Crippen LogP contribution in [0.4, 0.5) is 0 Å². The third-order valence-corrected chi connectivity index (χ3v) is 4.00. The number of piperidine rings is 1. The van der Waals surface area contributed by atoms with Crippen molar-refractivity contribution in [3.8, 4) is 0 Å². The Hall–Kier alpha value is -0.940. The summed E-state index contributed by atoms with van der Waals surface area (Å²) in [6, 6.07) is 3.96. The van der Waals surface area contributed by atoms with Crippen molar-refractivity contribution in [3.63, 3.8) is 0 Å². The van der Waals surface area contributed by atoms with E-state index in [1.165, 1.54) is 0 Å². The van der Waals surface area contributed by atoms with Crippen LogP contribution in [0.3, 0.4) is 0 Å². The molecular weight excluding hydrogens is 294 g/mol.